The van der Waals surface area contributed by atoms with E-state index < -0.39 is 11.0 Å². The van der Waals surface area contributed by atoms with Crippen LogP contribution in [0.15, 0.2) is 60.0 Å². The molecule has 2 aromatic carbocycles. The van der Waals surface area contributed by atoms with Crippen LogP contribution >= 0.6 is 22.9 Å². The summed E-state index contributed by atoms with van der Waals surface area (Å²) < 4.78 is 0. The molecule has 10 heteroatoms. The van der Waals surface area contributed by atoms with Gasteiger partial charge in [0.1, 0.15) is 6.04 Å². The summed E-state index contributed by atoms with van der Waals surface area (Å²) in [6, 6.07) is 13.7. The predicted octanol–water partition coefficient (Wildman–Crippen LogP) is 5.00. The van der Waals surface area contributed by atoms with E-state index in [-0.39, 0.29) is 28.2 Å². The van der Waals surface area contributed by atoms with Crippen molar-refractivity contribution in [2.45, 2.75) is 13.0 Å². The number of nitrogens with one attached hydrogen (secondary N) is 3. The molecular weight excluding hydrogens is 428 g/mol. The van der Waals surface area contributed by atoms with Gasteiger partial charge in [-0.3, -0.25) is 19.7 Å². The first-order chi connectivity index (χ1) is 14.3. The smallest absolute Gasteiger partial charge is 0.271 e. The number of carbonyl (C=O) groups excluding carboxylic acids is 2. The Bertz CT molecular complexity index is 1070. The molecule has 2 amide bonds. The lowest BCUT2D eigenvalue weighted by atomic mass is 10.2. The van der Waals surface area contributed by atoms with Gasteiger partial charge in [0.05, 0.1) is 20.5 Å². The molecule has 0 saturated carbocycles. The lowest BCUT2D eigenvalue weighted by molar-refractivity contribution is -0.384. The molecule has 1 unspecified atom stereocenters. The van der Waals surface area contributed by atoms with Gasteiger partial charge in [-0.05, 0) is 48.7 Å². The monoisotopic (exact) mass is 444 g/mol. The first-order valence-electron chi connectivity index (χ1n) is 8.80. The quantitative estimate of drug-likeness (QED) is 0.350. The molecule has 3 aromatic rings. The number of nitrogens with zero attached hydrogens (tertiary/aromatic N) is 1. The third-order valence-corrected chi connectivity index (χ3v) is 5.27. The maximum atomic E-state index is 12.4. The van der Waals surface area contributed by atoms with Crippen molar-refractivity contribution in [2.75, 3.05) is 16.0 Å². The van der Waals surface area contributed by atoms with Gasteiger partial charge < -0.3 is 16.0 Å². The molecule has 1 atom stereocenters. The Labute approximate surface area is 181 Å². The van der Waals surface area contributed by atoms with Crippen LogP contribution < -0.4 is 16.0 Å². The van der Waals surface area contributed by atoms with Crippen LogP contribution in [-0.2, 0) is 4.79 Å². The highest BCUT2D eigenvalue weighted by molar-refractivity contribution is 7.12. The lowest BCUT2D eigenvalue weighted by Crippen LogP contribution is -2.31. The Balaban J connectivity index is 1.57. The SMILES string of the molecule is CC(Nc1ccc(NC(=O)c2cccs2)cc1)C(=O)Nc1ccc([N+](=O)[O-])cc1Cl. The Morgan fingerprint density at radius 1 is 1.07 bits per heavy atom. The summed E-state index contributed by atoms with van der Waals surface area (Å²) in [5, 5.41) is 21.2. The third kappa shape index (κ3) is 5.34. The summed E-state index contributed by atoms with van der Waals surface area (Å²) >= 11 is 7.36. The highest BCUT2D eigenvalue weighted by Gasteiger charge is 2.16. The second kappa shape index (κ2) is 9.38. The Morgan fingerprint density at radius 2 is 1.77 bits per heavy atom. The number of hydrogen-bond acceptors (Lipinski definition) is 6. The first-order valence-corrected chi connectivity index (χ1v) is 10.1. The van der Waals surface area contributed by atoms with Gasteiger partial charge in [0, 0.05) is 23.5 Å². The molecule has 0 fully saturated rings. The molecule has 0 bridgehead atoms. The van der Waals surface area contributed by atoms with Crippen molar-refractivity contribution in [3.05, 3.63) is 80.0 Å². The summed E-state index contributed by atoms with van der Waals surface area (Å²) in [4.78, 5) is 35.3. The zero-order chi connectivity index (χ0) is 21.7. The van der Waals surface area contributed by atoms with Crippen molar-refractivity contribution in [3.8, 4) is 0 Å². The number of halogens is 1. The fourth-order valence-electron chi connectivity index (χ4n) is 2.53. The maximum absolute atomic E-state index is 12.4. The third-order valence-electron chi connectivity index (χ3n) is 4.09. The van der Waals surface area contributed by atoms with E-state index >= 15 is 0 Å². The van der Waals surface area contributed by atoms with Crippen LogP contribution in [-0.4, -0.2) is 22.8 Å². The van der Waals surface area contributed by atoms with Crippen molar-refractivity contribution < 1.29 is 14.5 Å². The van der Waals surface area contributed by atoms with Gasteiger partial charge >= 0.3 is 0 Å². The number of thiophene rings is 1. The molecule has 0 aliphatic heterocycles. The van der Waals surface area contributed by atoms with Crippen molar-refractivity contribution in [1.29, 1.82) is 0 Å². The van der Waals surface area contributed by atoms with Crippen molar-refractivity contribution in [2.24, 2.45) is 0 Å². The summed E-state index contributed by atoms with van der Waals surface area (Å²) in [5.74, 6) is -0.542. The Morgan fingerprint density at radius 3 is 2.37 bits per heavy atom. The zero-order valence-electron chi connectivity index (χ0n) is 15.7. The average molecular weight is 445 g/mol. The summed E-state index contributed by atoms with van der Waals surface area (Å²) in [7, 11) is 0. The van der Waals surface area contributed by atoms with E-state index in [2.05, 4.69) is 16.0 Å². The molecule has 0 radical (unpaired) electrons. The largest absolute Gasteiger partial charge is 0.374 e. The number of non-ortho nitro benzene ring substituents is 1. The van der Waals surface area contributed by atoms with Gasteiger partial charge in [0.25, 0.3) is 11.6 Å². The van der Waals surface area contributed by atoms with Gasteiger partial charge in [-0.25, -0.2) is 0 Å². The van der Waals surface area contributed by atoms with Crippen LogP contribution in [0.2, 0.25) is 5.02 Å². The van der Waals surface area contributed by atoms with Gasteiger partial charge in [0.15, 0.2) is 0 Å². The van der Waals surface area contributed by atoms with Gasteiger partial charge in [0.2, 0.25) is 5.91 Å². The fourth-order valence-corrected chi connectivity index (χ4v) is 3.37. The second-order valence-corrected chi connectivity index (χ2v) is 7.64. The van der Waals surface area contributed by atoms with Crippen LogP contribution in [0.1, 0.15) is 16.6 Å². The van der Waals surface area contributed by atoms with E-state index in [1.54, 1.807) is 37.3 Å². The molecule has 154 valence electrons. The van der Waals surface area contributed by atoms with Gasteiger partial charge in [-0.1, -0.05) is 17.7 Å². The Kier molecular flexibility index (Phi) is 6.65. The molecule has 3 N–H and O–H groups in total. The number of amides is 2. The van der Waals surface area contributed by atoms with E-state index in [0.717, 1.165) is 0 Å². The van der Waals surface area contributed by atoms with Gasteiger partial charge in [-0.2, -0.15) is 0 Å². The van der Waals surface area contributed by atoms with Gasteiger partial charge in [-0.15, -0.1) is 11.3 Å². The summed E-state index contributed by atoms with van der Waals surface area (Å²) in [5.41, 5.74) is 1.44. The van der Waals surface area contributed by atoms with Crippen LogP contribution in [0.25, 0.3) is 0 Å². The van der Waals surface area contributed by atoms with E-state index in [1.165, 1.54) is 29.5 Å². The fraction of sp³-hybridized carbons (Fsp3) is 0.100. The van der Waals surface area contributed by atoms with Crippen LogP contribution in [0.5, 0.6) is 0 Å². The minimum atomic E-state index is -0.609. The molecular formula is C20H17ClN4O4S. The Hall–Kier alpha value is -3.43. The normalized spacial score (nSPS) is 11.4. The standard InChI is InChI=1S/C20H17ClN4O4S/c1-12(19(26)24-17-9-8-15(25(28)29)11-16(17)21)22-13-4-6-14(7-5-13)23-20(27)18-3-2-10-30-18/h2-12,22H,1H3,(H,23,27)(H,24,26). The lowest BCUT2D eigenvalue weighted by Gasteiger charge is -2.16. The summed E-state index contributed by atoms with van der Waals surface area (Å²) in [6.07, 6.45) is 0. The highest BCUT2D eigenvalue weighted by atomic mass is 35.5. The minimum absolute atomic E-state index is 0.0792. The molecule has 0 aliphatic carbocycles. The van der Waals surface area contributed by atoms with E-state index in [4.69, 9.17) is 11.6 Å². The molecule has 1 heterocycles. The number of rotatable bonds is 7. The number of carbonyl (C=O) groups is 2. The maximum Gasteiger partial charge on any atom is 0.271 e. The molecule has 3 rings (SSSR count). The van der Waals surface area contributed by atoms with Crippen LogP contribution in [0.4, 0.5) is 22.7 Å². The molecule has 30 heavy (non-hydrogen) atoms. The number of nitro groups is 1. The highest BCUT2D eigenvalue weighted by Crippen LogP contribution is 2.27. The van der Waals surface area contributed by atoms with Crippen molar-refractivity contribution >= 4 is 57.5 Å². The van der Waals surface area contributed by atoms with E-state index in [1.807, 2.05) is 11.4 Å². The van der Waals surface area contributed by atoms with Crippen LogP contribution in [0.3, 0.4) is 0 Å². The topological polar surface area (TPSA) is 113 Å². The van der Waals surface area contributed by atoms with E-state index in [0.29, 0.717) is 16.3 Å². The first kappa shape index (κ1) is 21.3. The minimum Gasteiger partial charge on any atom is -0.374 e. The zero-order valence-corrected chi connectivity index (χ0v) is 17.3. The molecule has 8 nitrogen and oxygen atoms in total. The number of anilines is 3. The molecule has 1 aromatic heterocycles. The predicted molar refractivity (Wildman–Crippen MR) is 119 cm³/mol. The summed E-state index contributed by atoms with van der Waals surface area (Å²) in [6.45, 7) is 1.67. The number of benzene rings is 2. The number of hydrogen-bond donors (Lipinski definition) is 3. The van der Waals surface area contributed by atoms with Crippen molar-refractivity contribution in [3.63, 3.8) is 0 Å². The molecule has 0 spiro atoms. The van der Waals surface area contributed by atoms with Crippen molar-refractivity contribution in [1.82, 2.24) is 0 Å². The van der Waals surface area contributed by atoms with E-state index in [9.17, 15) is 19.7 Å². The second-order valence-electron chi connectivity index (χ2n) is 6.29. The molecule has 0 saturated heterocycles. The number of nitro benzene ring substituents is 1. The van der Waals surface area contributed by atoms with Crippen LogP contribution in [0, 0.1) is 10.1 Å². The molecule has 0 aliphatic rings. The average Bonchev–Trinajstić information content (AvgIpc) is 3.25.